The first-order valence-corrected chi connectivity index (χ1v) is 9.56. The van der Waals surface area contributed by atoms with Crippen LogP contribution in [0.4, 0.5) is 24.7 Å². The lowest BCUT2D eigenvalue weighted by molar-refractivity contribution is -0.137. The minimum Gasteiger partial charge on any atom is -0.382 e. The summed E-state index contributed by atoms with van der Waals surface area (Å²) in [5.41, 5.74) is 0.544. The third-order valence-electron chi connectivity index (χ3n) is 4.61. The van der Waals surface area contributed by atoms with Crippen LogP contribution in [0.2, 0.25) is 0 Å². The molecule has 3 aromatic rings. The van der Waals surface area contributed by atoms with E-state index in [1.165, 1.54) is 23.9 Å². The zero-order chi connectivity index (χ0) is 19.6. The van der Waals surface area contributed by atoms with Crippen LogP contribution in [0.15, 0.2) is 42.7 Å². The van der Waals surface area contributed by atoms with Gasteiger partial charge in [0.2, 0.25) is 0 Å². The highest BCUT2D eigenvalue weighted by molar-refractivity contribution is 7.09. The fourth-order valence-corrected chi connectivity index (χ4v) is 3.66. The summed E-state index contributed by atoms with van der Waals surface area (Å²) in [7, 11) is 0. The first-order chi connectivity index (χ1) is 13.5. The van der Waals surface area contributed by atoms with Crippen LogP contribution >= 0.6 is 11.5 Å². The summed E-state index contributed by atoms with van der Waals surface area (Å²) in [6.45, 7) is 1.51. The number of nitrogens with zero attached hydrogens (tertiary/aromatic N) is 5. The molecule has 3 heterocycles. The normalized spacial score (nSPS) is 15.6. The standard InChI is InChI=1S/C18H17F3N6S/c19-18(20,21)12-2-1-3-14(10-12)24-13-6-8-27(9-7-13)16-5-4-15(25-26-16)17-22-11-23-28-17/h1-5,10-11,13,24H,6-9H2. The van der Waals surface area contributed by atoms with E-state index in [-0.39, 0.29) is 6.04 Å². The number of piperidine rings is 1. The van der Waals surface area contributed by atoms with Crippen LogP contribution in [-0.4, -0.2) is 38.7 Å². The predicted octanol–water partition coefficient (Wildman–Crippen LogP) is 4.09. The number of alkyl halides is 3. The minimum atomic E-state index is -4.33. The molecular formula is C18H17F3N6S. The molecule has 0 aliphatic carbocycles. The van der Waals surface area contributed by atoms with E-state index in [9.17, 15) is 13.2 Å². The van der Waals surface area contributed by atoms with Gasteiger partial charge in [-0.25, -0.2) is 4.98 Å². The van der Waals surface area contributed by atoms with E-state index in [2.05, 4.69) is 29.8 Å². The van der Waals surface area contributed by atoms with E-state index in [0.29, 0.717) is 11.4 Å². The first kappa shape index (κ1) is 18.6. The molecule has 0 spiro atoms. The fraction of sp³-hybridized carbons (Fsp3) is 0.333. The molecule has 1 N–H and O–H groups in total. The summed E-state index contributed by atoms with van der Waals surface area (Å²) < 4.78 is 42.5. The molecule has 1 aliphatic rings. The molecule has 6 nitrogen and oxygen atoms in total. The quantitative estimate of drug-likeness (QED) is 0.704. The summed E-state index contributed by atoms with van der Waals surface area (Å²) in [5.74, 6) is 0.783. The Morgan fingerprint density at radius 2 is 1.89 bits per heavy atom. The molecular weight excluding hydrogens is 389 g/mol. The average molecular weight is 406 g/mol. The SMILES string of the molecule is FC(F)(F)c1cccc(NC2CCN(c3ccc(-c4ncns4)nn3)CC2)c1. The Balaban J connectivity index is 1.35. The Kier molecular flexibility index (Phi) is 5.12. The molecule has 0 saturated carbocycles. The molecule has 1 aromatic carbocycles. The van der Waals surface area contributed by atoms with Gasteiger partial charge in [-0.05, 0) is 54.7 Å². The van der Waals surface area contributed by atoms with Crippen LogP contribution in [0.3, 0.4) is 0 Å². The van der Waals surface area contributed by atoms with Crippen molar-refractivity contribution < 1.29 is 13.2 Å². The van der Waals surface area contributed by atoms with Crippen molar-refractivity contribution in [3.05, 3.63) is 48.3 Å². The van der Waals surface area contributed by atoms with Crippen molar-refractivity contribution >= 4 is 23.0 Å². The summed E-state index contributed by atoms with van der Waals surface area (Å²) in [4.78, 5) is 6.24. The second-order valence-electron chi connectivity index (χ2n) is 6.51. The molecule has 146 valence electrons. The van der Waals surface area contributed by atoms with Crippen molar-refractivity contribution in [3.63, 3.8) is 0 Å². The van der Waals surface area contributed by atoms with Gasteiger partial charge in [-0.2, -0.15) is 17.5 Å². The van der Waals surface area contributed by atoms with E-state index in [1.807, 2.05) is 12.1 Å². The highest BCUT2D eigenvalue weighted by atomic mass is 32.1. The molecule has 0 atom stereocenters. The van der Waals surface area contributed by atoms with Gasteiger partial charge in [-0.15, -0.1) is 10.2 Å². The van der Waals surface area contributed by atoms with Gasteiger partial charge in [0.15, 0.2) is 10.8 Å². The van der Waals surface area contributed by atoms with Crippen molar-refractivity contribution in [1.29, 1.82) is 0 Å². The van der Waals surface area contributed by atoms with Crippen molar-refractivity contribution in [2.24, 2.45) is 0 Å². The monoisotopic (exact) mass is 406 g/mol. The van der Waals surface area contributed by atoms with Gasteiger partial charge in [0.05, 0.1) is 5.56 Å². The average Bonchev–Trinajstić information content (AvgIpc) is 3.23. The van der Waals surface area contributed by atoms with Crippen LogP contribution in [0.5, 0.6) is 0 Å². The van der Waals surface area contributed by atoms with Crippen molar-refractivity contribution in [2.45, 2.75) is 25.1 Å². The number of hydrogen-bond donors (Lipinski definition) is 1. The Morgan fingerprint density at radius 3 is 2.54 bits per heavy atom. The number of halogens is 3. The zero-order valence-corrected chi connectivity index (χ0v) is 15.5. The van der Waals surface area contributed by atoms with Gasteiger partial charge >= 0.3 is 6.18 Å². The summed E-state index contributed by atoms with van der Waals surface area (Å²) in [6.07, 6.45) is -1.25. The number of rotatable bonds is 4. The van der Waals surface area contributed by atoms with E-state index >= 15 is 0 Å². The molecule has 4 rings (SSSR count). The minimum absolute atomic E-state index is 0.119. The second-order valence-corrected chi connectivity index (χ2v) is 7.29. The van der Waals surface area contributed by atoms with Crippen LogP contribution in [0.25, 0.3) is 10.7 Å². The number of anilines is 2. The summed E-state index contributed by atoms with van der Waals surface area (Å²) >= 11 is 1.27. The molecule has 0 unspecified atom stereocenters. The largest absolute Gasteiger partial charge is 0.416 e. The van der Waals surface area contributed by atoms with Crippen molar-refractivity contribution in [3.8, 4) is 10.7 Å². The molecule has 28 heavy (non-hydrogen) atoms. The Labute approximate surface area is 163 Å². The van der Waals surface area contributed by atoms with Crippen LogP contribution in [0.1, 0.15) is 18.4 Å². The lowest BCUT2D eigenvalue weighted by atomic mass is 10.0. The zero-order valence-electron chi connectivity index (χ0n) is 14.7. The number of nitrogens with one attached hydrogen (secondary N) is 1. The molecule has 0 bridgehead atoms. The Bertz CT molecular complexity index is 906. The van der Waals surface area contributed by atoms with Gasteiger partial charge in [0.1, 0.15) is 12.0 Å². The number of hydrogen-bond acceptors (Lipinski definition) is 7. The van der Waals surface area contributed by atoms with Crippen LogP contribution in [-0.2, 0) is 6.18 Å². The van der Waals surface area contributed by atoms with Gasteiger partial charge in [0, 0.05) is 24.8 Å². The lowest BCUT2D eigenvalue weighted by Crippen LogP contribution is -2.39. The van der Waals surface area contributed by atoms with Crippen molar-refractivity contribution in [1.82, 2.24) is 19.6 Å². The van der Waals surface area contributed by atoms with Gasteiger partial charge in [0.25, 0.3) is 0 Å². The second kappa shape index (κ2) is 7.70. The maximum absolute atomic E-state index is 12.8. The van der Waals surface area contributed by atoms with Gasteiger partial charge in [-0.3, -0.25) is 0 Å². The van der Waals surface area contributed by atoms with Crippen molar-refractivity contribution in [2.75, 3.05) is 23.3 Å². The highest BCUT2D eigenvalue weighted by Crippen LogP contribution is 2.31. The molecule has 0 radical (unpaired) electrons. The first-order valence-electron chi connectivity index (χ1n) is 8.78. The Morgan fingerprint density at radius 1 is 1.07 bits per heavy atom. The van der Waals surface area contributed by atoms with Crippen LogP contribution < -0.4 is 10.2 Å². The predicted molar refractivity (Wildman–Crippen MR) is 101 cm³/mol. The van der Waals surface area contributed by atoms with Crippen LogP contribution in [0, 0.1) is 0 Å². The van der Waals surface area contributed by atoms with E-state index in [0.717, 1.165) is 48.9 Å². The number of aromatic nitrogens is 4. The summed E-state index contributed by atoms with van der Waals surface area (Å²) in [6, 6.07) is 9.23. The molecule has 10 heteroatoms. The van der Waals surface area contributed by atoms with E-state index in [1.54, 1.807) is 6.07 Å². The van der Waals surface area contributed by atoms with E-state index in [4.69, 9.17) is 0 Å². The molecule has 1 aliphatic heterocycles. The van der Waals surface area contributed by atoms with Gasteiger partial charge in [-0.1, -0.05) is 6.07 Å². The number of benzene rings is 1. The lowest BCUT2D eigenvalue weighted by Gasteiger charge is -2.33. The van der Waals surface area contributed by atoms with E-state index < -0.39 is 11.7 Å². The maximum Gasteiger partial charge on any atom is 0.416 e. The topological polar surface area (TPSA) is 66.8 Å². The Hall–Kier alpha value is -2.75. The smallest absolute Gasteiger partial charge is 0.382 e. The fourth-order valence-electron chi connectivity index (χ4n) is 3.17. The van der Waals surface area contributed by atoms with Gasteiger partial charge < -0.3 is 10.2 Å². The highest BCUT2D eigenvalue weighted by Gasteiger charge is 2.30. The third kappa shape index (κ3) is 4.22. The maximum atomic E-state index is 12.8. The third-order valence-corrected chi connectivity index (χ3v) is 5.30. The summed E-state index contributed by atoms with van der Waals surface area (Å²) in [5, 5.41) is 12.4. The molecule has 1 fully saturated rings. The molecule has 2 aromatic heterocycles. The molecule has 1 saturated heterocycles. The molecule has 0 amide bonds.